The van der Waals surface area contributed by atoms with Crippen molar-refractivity contribution in [2.24, 2.45) is 7.05 Å². The second-order valence-corrected chi connectivity index (χ2v) is 2.93. The van der Waals surface area contributed by atoms with Gasteiger partial charge in [0.05, 0.1) is 0 Å². The van der Waals surface area contributed by atoms with E-state index in [-0.39, 0.29) is 5.62 Å². The Morgan fingerprint density at radius 2 is 2.36 bits per heavy atom. The summed E-state index contributed by atoms with van der Waals surface area (Å²) in [5.74, 6) is 0.564. The molecule has 0 unspecified atom stereocenters. The molecule has 3 N–H and O–H groups in total. The Labute approximate surface area is 69.0 Å². The predicted octanol–water partition coefficient (Wildman–Crippen LogP) is 0.204. The lowest BCUT2D eigenvalue weighted by atomic mass is 10.6. The molecule has 60 valence electrons. The van der Waals surface area contributed by atoms with Crippen LogP contribution in [0, 0.1) is 5.41 Å². The second kappa shape index (κ2) is 2.96. The number of thioether (sulfide) groups is 1. The number of hydrogen-bond donors (Lipinski definition) is 2. The molecular formula is C6H10N4S. The van der Waals surface area contributed by atoms with E-state index in [9.17, 15) is 0 Å². The quantitative estimate of drug-likeness (QED) is 0.467. The molecule has 0 atom stereocenters. The van der Waals surface area contributed by atoms with Gasteiger partial charge >= 0.3 is 0 Å². The smallest absolute Gasteiger partial charge is 0.224 e. The van der Waals surface area contributed by atoms with Crippen LogP contribution >= 0.6 is 11.8 Å². The van der Waals surface area contributed by atoms with Crippen molar-refractivity contribution in [1.29, 1.82) is 5.41 Å². The van der Waals surface area contributed by atoms with Crippen molar-refractivity contribution < 1.29 is 0 Å². The third-order valence-electron chi connectivity index (χ3n) is 1.40. The van der Waals surface area contributed by atoms with E-state index in [1.54, 1.807) is 13.1 Å². The topological polar surface area (TPSA) is 67.7 Å². The van der Waals surface area contributed by atoms with Crippen LogP contribution in [-0.2, 0) is 7.05 Å². The van der Waals surface area contributed by atoms with E-state index >= 15 is 0 Å². The maximum absolute atomic E-state index is 7.36. The Hall–Kier alpha value is -0.970. The van der Waals surface area contributed by atoms with E-state index in [1.165, 1.54) is 16.3 Å². The second-order valence-electron chi connectivity index (χ2n) is 2.11. The summed E-state index contributed by atoms with van der Waals surface area (Å²) in [6.07, 6.45) is 1.90. The lowest BCUT2D eigenvalue weighted by molar-refractivity contribution is 0.748. The fourth-order valence-electron chi connectivity index (χ4n) is 0.662. The highest BCUT2D eigenvalue weighted by molar-refractivity contribution is 7.98. The van der Waals surface area contributed by atoms with Gasteiger partial charge in [-0.05, 0) is 6.26 Å². The predicted molar refractivity (Wildman–Crippen MR) is 45.3 cm³/mol. The largest absolute Gasteiger partial charge is 0.385 e. The van der Waals surface area contributed by atoms with Crippen LogP contribution in [0.2, 0.25) is 0 Å². The van der Waals surface area contributed by atoms with Gasteiger partial charge in [-0.3, -0.25) is 5.41 Å². The number of nitrogen functional groups attached to an aromatic ring is 1. The molecule has 0 aliphatic carbocycles. The van der Waals surface area contributed by atoms with E-state index in [4.69, 9.17) is 11.1 Å². The molecule has 0 radical (unpaired) electrons. The number of nitrogens with zero attached hydrogens (tertiary/aromatic N) is 2. The number of hydrogen-bond acceptors (Lipinski definition) is 4. The fraction of sp³-hybridized carbons (Fsp3) is 0.333. The first kappa shape index (κ1) is 8.13. The molecule has 0 spiro atoms. The van der Waals surface area contributed by atoms with Gasteiger partial charge in [-0.15, -0.1) is 11.8 Å². The number of nitrogens with two attached hydrogens (primary N) is 1. The molecule has 0 amide bonds. The molecule has 1 rings (SSSR count). The first-order valence-electron chi connectivity index (χ1n) is 3.07. The number of nitrogens with one attached hydrogen (secondary N) is 1. The zero-order chi connectivity index (χ0) is 8.43. The summed E-state index contributed by atoms with van der Waals surface area (Å²) in [7, 11) is 1.72. The third kappa shape index (κ3) is 1.54. The highest BCUT2D eigenvalue weighted by Gasteiger charge is 1.97. The van der Waals surface area contributed by atoms with Crippen LogP contribution < -0.4 is 11.4 Å². The van der Waals surface area contributed by atoms with Crippen LogP contribution in [0.4, 0.5) is 5.82 Å². The Morgan fingerprint density at radius 1 is 1.73 bits per heavy atom. The standard InChI is InChI=1S/C6H10N4S/c1-10-4(7)3-5(11-2)9-6(10)8/h3,8H,7H2,1-2H3. The SMILES string of the molecule is CSc1cc(N)n(C)c(=N)n1. The highest BCUT2D eigenvalue weighted by Crippen LogP contribution is 2.10. The molecular weight excluding hydrogens is 160 g/mol. The van der Waals surface area contributed by atoms with Gasteiger partial charge in [-0.2, -0.15) is 0 Å². The van der Waals surface area contributed by atoms with Gasteiger partial charge in [-0.25, -0.2) is 4.98 Å². The molecule has 0 saturated heterocycles. The van der Waals surface area contributed by atoms with Gasteiger partial charge in [0.2, 0.25) is 5.62 Å². The lowest BCUT2D eigenvalue weighted by Crippen LogP contribution is -2.22. The number of anilines is 1. The zero-order valence-corrected chi connectivity index (χ0v) is 7.27. The van der Waals surface area contributed by atoms with Crippen molar-refractivity contribution in [3.05, 3.63) is 11.7 Å². The van der Waals surface area contributed by atoms with Crippen molar-refractivity contribution in [3.63, 3.8) is 0 Å². The van der Waals surface area contributed by atoms with Crippen LogP contribution in [0.1, 0.15) is 0 Å². The van der Waals surface area contributed by atoms with Crippen molar-refractivity contribution in [1.82, 2.24) is 9.55 Å². The molecule has 1 heterocycles. The molecule has 1 aromatic heterocycles. The molecule has 4 nitrogen and oxygen atoms in total. The Morgan fingerprint density at radius 3 is 2.82 bits per heavy atom. The monoisotopic (exact) mass is 170 g/mol. The van der Waals surface area contributed by atoms with Gasteiger partial charge < -0.3 is 10.3 Å². The van der Waals surface area contributed by atoms with Gasteiger partial charge in [-0.1, -0.05) is 0 Å². The van der Waals surface area contributed by atoms with Crippen LogP contribution in [-0.4, -0.2) is 15.8 Å². The minimum absolute atomic E-state index is 0.189. The summed E-state index contributed by atoms with van der Waals surface area (Å²) >= 11 is 1.48. The van der Waals surface area contributed by atoms with E-state index in [1.807, 2.05) is 6.26 Å². The number of aromatic nitrogens is 2. The van der Waals surface area contributed by atoms with Crippen LogP contribution in [0.15, 0.2) is 11.1 Å². The van der Waals surface area contributed by atoms with Gasteiger partial charge in [0.1, 0.15) is 10.8 Å². The third-order valence-corrected chi connectivity index (χ3v) is 2.03. The molecule has 5 heteroatoms. The Bertz CT molecular complexity index is 317. The molecule has 0 aliphatic heterocycles. The minimum Gasteiger partial charge on any atom is -0.385 e. The average molecular weight is 170 g/mol. The maximum Gasteiger partial charge on any atom is 0.224 e. The molecule has 0 aliphatic rings. The normalized spacial score (nSPS) is 10.0. The van der Waals surface area contributed by atoms with E-state index in [2.05, 4.69) is 4.98 Å². The van der Waals surface area contributed by atoms with E-state index in [0.29, 0.717) is 5.82 Å². The summed E-state index contributed by atoms with van der Waals surface area (Å²) in [5, 5.41) is 8.15. The molecule has 0 aromatic carbocycles. The fourth-order valence-corrected chi connectivity index (χ4v) is 1.08. The molecule has 0 saturated carbocycles. The Balaban J connectivity index is 3.32. The minimum atomic E-state index is 0.189. The molecule has 1 aromatic rings. The van der Waals surface area contributed by atoms with Crippen molar-refractivity contribution in [2.45, 2.75) is 5.03 Å². The first-order chi connectivity index (χ1) is 5.15. The van der Waals surface area contributed by atoms with Gasteiger partial charge in [0.25, 0.3) is 0 Å². The van der Waals surface area contributed by atoms with Crippen LogP contribution in [0.25, 0.3) is 0 Å². The summed E-state index contributed by atoms with van der Waals surface area (Å²) in [6.45, 7) is 0. The van der Waals surface area contributed by atoms with Gasteiger partial charge in [0.15, 0.2) is 0 Å². The molecule has 0 bridgehead atoms. The number of rotatable bonds is 1. The van der Waals surface area contributed by atoms with Crippen LogP contribution in [0.5, 0.6) is 0 Å². The molecule has 11 heavy (non-hydrogen) atoms. The summed E-state index contributed by atoms with van der Waals surface area (Å²) < 4.78 is 1.53. The van der Waals surface area contributed by atoms with Crippen molar-refractivity contribution in [3.8, 4) is 0 Å². The Kier molecular flexibility index (Phi) is 2.19. The van der Waals surface area contributed by atoms with Gasteiger partial charge in [0, 0.05) is 13.1 Å². The first-order valence-corrected chi connectivity index (χ1v) is 4.29. The zero-order valence-electron chi connectivity index (χ0n) is 6.46. The average Bonchev–Trinajstić information content (AvgIpc) is 1.99. The maximum atomic E-state index is 7.36. The summed E-state index contributed by atoms with van der Waals surface area (Å²) in [5.41, 5.74) is 5.78. The van der Waals surface area contributed by atoms with Crippen LogP contribution in [0.3, 0.4) is 0 Å². The highest BCUT2D eigenvalue weighted by atomic mass is 32.2. The van der Waals surface area contributed by atoms with E-state index < -0.39 is 0 Å². The van der Waals surface area contributed by atoms with Crippen molar-refractivity contribution in [2.75, 3.05) is 12.0 Å². The summed E-state index contributed by atoms with van der Waals surface area (Å²) in [4.78, 5) is 3.96. The summed E-state index contributed by atoms with van der Waals surface area (Å²) in [6, 6.07) is 1.75. The van der Waals surface area contributed by atoms with E-state index in [0.717, 1.165) is 5.03 Å². The lowest BCUT2D eigenvalue weighted by Gasteiger charge is -2.03. The molecule has 0 fully saturated rings. The van der Waals surface area contributed by atoms with Crippen molar-refractivity contribution >= 4 is 17.6 Å².